The van der Waals surface area contributed by atoms with Crippen molar-refractivity contribution < 1.29 is 33.7 Å². The minimum atomic E-state index is -1.63. The maximum absolute atomic E-state index is 11.8. The van der Waals surface area contributed by atoms with Crippen LogP contribution in [0, 0.1) is 16.0 Å². The molecule has 0 fully saturated rings. The lowest BCUT2D eigenvalue weighted by Gasteiger charge is -2.21. The first-order valence-corrected chi connectivity index (χ1v) is 6.05. The number of methoxy groups -OCH3 is 3. The van der Waals surface area contributed by atoms with Crippen LogP contribution in [0.2, 0.25) is 0 Å². The number of carbonyl (C=O) groups is 2. The molecule has 0 aromatic heterocycles. The van der Waals surface area contributed by atoms with Gasteiger partial charge in [0.1, 0.15) is 5.75 Å². The Kier molecular flexibility index (Phi) is 6.11. The topological polar surface area (TPSA) is 114 Å². The highest BCUT2D eigenvalue weighted by Crippen LogP contribution is 2.29. The molecule has 1 unspecified atom stereocenters. The maximum Gasteiger partial charge on any atom is 0.322 e. The van der Waals surface area contributed by atoms with Crippen LogP contribution in [-0.4, -0.2) is 38.4 Å². The molecule has 0 amide bonds. The Morgan fingerprint density at radius 1 is 1.05 bits per heavy atom. The molecule has 9 heteroatoms. The second-order valence-corrected chi connectivity index (χ2v) is 4.05. The van der Waals surface area contributed by atoms with Gasteiger partial charge in [-0.25, -0.2) is 0 Å². The molecule has 9 nitrogen and oxygen atoms in total. The van der Waals surface area contributed by atoms with E-state index in [2.05, 4.69) is 14.3 Å². The highest BCUT2D eigenvalue weighted by molar-refractivity contribution is 5.95. The summed E-state index contributed by atoms with van der Waals surface area (Å²) in [6, 6.07) is 5.90. The predicted octanol–water partition coefficient (Wildman–Crippen LogP) is 0.907. The zero-order valence-corrected chi connectivity index (χ0v) is 12.2. The van der Waals surface area contributed by atoms with Gasteiger partial charge in [0.25, 0.3) is 5.09 Å². The van der Waals surface area contributed by atoms with E-state index >= 15 is 0 Å². The van der Waals surface area contributed by atoms with Crippen molar-refractivity contribution in [3.63, 3.8) is 0 Å². The van der Waals surface area contributed by atoms with Gasteiger partial charge in [-0.2, -0.15) is 0 Å². The zero-order valence-electron chi connectivity index (χ0n) is 12.2. The van der Waals surface area contributed by atoms with Crippen molar-refractivity contribution in [2.24, 2.45) is 5.92 Å². The molecule has 0 aliphatic heterocycles. The van der Waals surface area contributed by atoms with Crippen molar-refractivity contribution in [1.29, 1.82) is 0 Å². The lowest BCUT2D eigenvalue weighted by atomic mass is 9.95. The highest BCUT2D eigenvalue weighted by Gasteiger charge is 2.40. The Morgan fingerprint density at radius 2 is 1.55 bits per heavy atom. The lowest BCUT2D eigenvalue weighted by molar-refractivity contribution is -0.772. The first kappa shape index (κ1) is 17.2. The van der Waals surface area contributed by atoms with Crippen LogP contribution in [0.4, 0.5) is 0 Å². The first-order valence-electron chi connectivity index (χ1n) is 6.05. The summed E-state index contributed by atoms with van der Waals surface area (Å²) >= 11 is 0. The largest absolute Gasteiger partial charge is 0.497 e. The van der Waals surface area contributed by atoms with Crippen molar-refractivity contribution in [1.82, 2.24) is 0 Å². The predicted molar refractivity (Wildman–Crippen MR) is 71.3 cm³/mol. The molecule has 0 saturated heterocycles. The van der Waals surface area contributed by atoms with Crippen molar-refractivity contribution in [3.8, 4) is 5.75 Å². The SMILES string of the molecule is COC(=O)C(C(=O)OC)C(O[N+](=O)[O-])c1ccc(OC)cc1. The fourth-order valence-electron chi connectivity index (χ4n) is 1.80. The molecule has 22 heavy (non-hydrogen) atoms. The highest BCUT2D eigenvalue weighted by atomic mass is 17.0. The number of benzene rings is 1. The van der Waals surface area contributed by atoms with Crippen LogP contribution >= 0.6 is 0 Å². The molecule has 0 aliphatic rings. The fourth-order valence-corrected chi connectivity index (χ4v) is 1.80. The van der Waals surface area contributed by atoms with Crippen LogP contribution in [0.1, 0.15) is 11.7 Å². The van der Waals surface area contributed by atoms with E-state index in [1.807, 2.05) is 0 Å². The Hall–Kier alpha value is -2.84. The quantitative estimate of drug-likeness (QED) is 0.316. The third-order valence-corrected chi connectivity index (χ3v) is 2.86. The van der Waals surface area contributed by atoms with E-state index in [0.29, 0.717) is 5.75 Å². The molecule has 1 rings (SSSR count). The Labute approximate surface area is 125 Å². The molecule has 1 aromatic rings. The van der Waals surface area contributed by atoms with E-state index in [1.165, 1.54) is 31.4 Å². The third-order valence-electron chi connectivity index (χ3n) is 2.86. The summed E-state index contributed by atoms with van der Waals surface area (Å²) < 4.78 is 14.0. The van der Waals surface area contributed by atoms with Gasteiger partial charge in [-0.15, -0.1) is 10.1 Å². The second-order valence-electron chi connectivity index (χ2n) is 4.05. The average Bonchev–Trinajstić information content (AvgIpc) is 2.53. The summed E-state index contributed by atoms with van der Waals surface area (Å²) in [7, 11) is 3.55. The third kappa shape index (κ3) is 4.08. The molecule has 120 valence electrons. The number of esters is 2. The van der Waals surface area contributed by atoms with Gasteiger partial charge in [0, 0.05) is 0 Å². The van der Waals surface area contributed by atoms with Gasteiger partial charge in [-0.05, 0) is 17.7 Å². The van der Waals surface area contributed by atoms with Crippen LogP contribution in [-0.2, 0) is 23.9 Å². The number of hydrogen-bond donors (Lipinski definition) is 0. The Balaban J connectivity index is 3.25. The summed E-state index contributed by atoms with van der Waals surface area (Å²) in [6.07, 6.45) is -1.50. The maximum atomic E-state index is 11.8. The summed E-state index contributed by atoms with van der Waals surface area (Å²) in [6.45, 7) is 0. The number of hydrogen-bond acceptors (Lipinski definition) is 8. The molecule has 1 atom stereocenters. The molecule has 0 bridgehead atoms. The summed E-state index contributed by atoms with van der Waals surface area (Å²) in [4.78, 5) is 38.7. The van der Waals surface area contributed by atoms with Crippen LogP contribution in [0.15, 0.2) is 24.3 Å². The van der Waals surface area contributed by atoms with E-state index in [0.717, 1.165) is 14.2 Å². The van der Waals surface area contributed by atoms with Crippen LogP contribution in [0.5, 0.6) is 5.75 Å². The molecular formula is C13H15NO8. The standard InChI is InChI=1S/C13H15NO8/c1-19-9-6-4-8(5-7-9)11(22-14(17)18)10(12(15)20-2)13(16)21-3/h4-7,10-11H,1-3H3. The van der Waals surface area contributed by atoms with Crippen molar-refractivity contribution in [2.45, 2.75) is 6.10 Å². The lowest BCUT2D eigenvalue weighted by Crippen LogP contribution is -2.34. The minimum Gasteiger partial charge on any atom is -0.497 e. The van der Waals surface area contributed by atoms with Crippen LogP contribution < -0.4 is 4.74 Å². The molecule has 1 aromatic carbocycles. The summed E-state index contributed by atoms with van der Waals surface area (Å²) in [5.41, 5.74) is 0.221. The Morgan fingerprint density at radius 3 is 1.91 bits per heavy atom. The second kappa shape index (κ2) is 7.81. The molecule has 0 spiro atoms. The Bertz CT molecular complexity index is 525. The van der Waals surface area contributed by atoms with Gasteiger partial charge >= 0.3 is 11.9 Å². The summed E-state index contributed by atoms with van der Waals surface area (Å²) in [5.74, 6) is -3.14. The van der Waals surface area contributed by atoms with Gasteiger partial charge < -0.3 is 19.0 Å². The number of nitrogens with zero attached hydrogens (tertiary/aromatic N) is 1. The van der Waals surface area contributed by atoms with Crippen molar-refractivity contribution in [3.05, 3.63) is 39.9 Å². The fraction of sp³-hybridized carbons (Fsp3) is 0.385. The summed E-state index contributed by atoms with van der Waals surface area (Å²) in [5, 5.41) is 9.60. The van der Waals surface area contributed by atoms with Gasteiger partial charge in [0.15, 0.2) is 12.0 Å². The molecule has 0 heterocycles. The molecule has 0 N–H and O–H groups in total. The monoisotopic (exact) mass is 313 g/mol. The van der Waals surface area contributed by atoms with Gasteiger partial charge in [0.05, 0.1) is 21.3 Å². The van der Waals surface area contributed by atoms with Gasteiger partial charge in [0.2, 0.25) is 0 Å². The molecule has 0 aliphatic carbocycles. The molecule has 0 saturated carbocycles. The van der Waals surface area contributed by atoms with Crippen LogP contribution in [0.25, 0.3) is 0 Å². The number of ether oxygens (including phenoxy) is 3. The average molecular weight is 313 g/mol. The van der Waals surface area contributed by atoms with Crippen molar-refractivity contribution >= 4 is 11.9 Å². The van der Waals surface area contributed by atoms with E-state index in [1.54, 1.807) is 0 Å². The normalized spacial score (nSPS) is 11.5. The smallest absolute Gasteiger partial charge is 0.322 e. The first-order chi connectivity index (χ1) is 10.4. The van der Waals surface area contributed by atoms with Crippen LogP contribution in [0.3, 0.4) is 0 Å². The number of carbonyl (C=O) groups excluding carboxylic acids is 2. The van der Waals surface area contributed by atoms with Crippen molar-refractivity contribution in [2.75, 3.05) is 21.3 Å². The molecule has 0 radical (unpaired) electrons. The van der Waals surface area contributed by atoms with E-state index in [-0.39, 0.29) is 5.56 Å². The number of rotatable bonds is 7. The molecular weight excluding hydrogens is 298 g/mol. The van der Waals surface area contributed by atoms with E-state index in [4.69, 9.17) is 4.74 Å². The zero-order chi connectivity index (χ0) is 16.7. The van der Waals surface area contributed by atoms with E-state index < -0.39 is 29.0 Å². The van der Waals surface area contributed by atoms with Gasteiger partial charge in [-0.1, -0.05) is 12.1 Å². The minimum absolute atomic E-state index is 0.221. The van der Waals surface area contributed by atoms with E-state index in [9.17, 15) is 19.7 Å². The van der Waals surface area contributed by atoms with Gasteiger partial charge in [-0.3, -0.25) is 9.59 Å².